The Morgan fingerprint density at radius 2 is 1.75 bits per heavy atom. The van der Waals surface area contributed by atoms with Crippen LogP contribution in [-0.4, -0.2) is 31.6 Å². The van der Waals surface area contributed by atoms with E-state index in [1.54, 1.807) is 0 Å². The highest BCUT2D eigenvalue weighted by atomic mass is 32.2. The van der Waals surface area contributed by atoms with Crippen molar-refractivity contribution in [2.75, 3.05) is 12.0 Å². The van der Waals surface area contributed by atoms with E-state index >= 15 is 0 Å². The summed E-state index contributed by atoms with van der Waals surface area (Å²) in [5.74, 6) is 0.610. The normalized spacial score (nSPS) is 21.6. The van der Waals surface area contributed by atoms with E-state index in [4.69, 9.17) is 0 Å². The van der Waals surface area contributed by atoms with E-state index in [1.165, 1.54) is 31.9 Å². The maximum atomic E-state index is 11.0. The standard InChI is InChI=1S/C12H24O3S/c1-16(14,15)10-6-9-12(13)11-7-4-2-3-5-8-11/h11-13H,2-10H2,1H3. The summed E-state index contributed by atoms with van der Waals surface area (Å²) in [6.45, 7) is 0. The Hall–Kier alpha value is -0.0900. The maximum Gasteiger partial charge on any atom is 0.147 e. The summed E-state index contributed by atoms with van der Waals surface area (Å²) in [5, 5.41) is 10.0. The lowest BCUT2D eigenvalue weighted by Gasteiger charge is -2.20. The quantitative estimate of drug-likeness (QED) is 0.758. The predicted molar refractivity (Wildman–Crippen MR) is 66.1 cm³/mol. The highest BCUT2D eigenvalue weighted by Crippen LogP contribution is 2.27. The third-order valence-corrected chi connectivity index (χ3v) is 4.49. The molecule has 0 radical (unpaired) electrons. The molecule has 1 fully saturated rings. The minimum Gasteiger partial charge on any atom is -0.393 e. The Bertz CT molecular complexity index is 277. The van der Waals surface area contributed by atoms with Crippen LogP contribution in [0.15, 0.2) is 0 Å². The summed E-state index contributed by atoms with van der Waals surface area (Å²) in [5.41, 5.74) is 0. The molecule has 1 aliphatic carbocycles. The molecule has 0 saturated heterocycles. The minimum absolute atomic E-state index is 0.205. The molecule has 3 nitrogen and oxygen atoms in total. The van der Waals surface area contributed by atoms with Crippen LogP contribution in [0, 0.1) is 5.92 Å². The van der Waals surface area contributed by atoms with Gasteiger partial charge in [0.15, 0.2) is 0 Å². The Kier molecular flexibility index (Phi) is 5.76. The van der Waals surface area contributed by atoms with Crippen molar-refractivity contribution in [3.05, 3.63) is 0 Å². The van der Waals surface area contributed by atoms with Gasteiger partial charge in [0.25, 0.3) is 0 Å². The molecule has 16 heavy (non-hydrogen) atoms. The molecule has 0 aromatic carbocycles. The Morgan fingerprint density at radius 1 is 1.19 bits per heavy atom. The molecule has 1 saturated carbocycles. The van der Waals surface area contributed by atoms with Crippen molar-refractivity contribution in [3.63, 3.8) is 0 Å². The Labute approximate surface area is 99.2 Å². The Morgan fingerprint density at radius 3 is 2.25 bits per heavy atom. The van der Waals surface area contributed by atoms with Crippen LogP contribution in [0.3, 0.4) is 0 Å². The first kappa shape index (κ1) is 14.0. The summed E-state index contributed by atoms with van der Waals surface area (Å²) in [7, 11) is -2.87. The molecule has 1 rings (SSSR count). The van der Waals surface area contributed by atoms with Gasteiger partial charge in [0, 0.05) is 12.0 Å². The number of hydrogen-bond donors (Lipinski definition) is 1. The highest BCUT2D eigenvalue weighted by Gasteiger charge is 2.20. The van der Waals surface area contributed by atoms with E-state index in [1.807, 2.05) is 0 Å². The van der Waals surface area contributed by atoms with Gasteiger partial charge < -0.3 is 5.11 Å². The fraction of sp³-hybridized carbons (Fsp3) is 1.00. The number of rotatable bonds is 5. The van der Waals surface area contributed by atoms with Crippen LogP contribution in [0.25, 0.3) is 0 Å². The third-order valence-electron chi connectivity index (χ3n) is 3.46. The molecule has 0 amide bonds. The number of hydrogen-bond acceptors (Lipinski definition) is 3. The lowest BCUT2D eigenvalue weighted by Crippen LogP contribution is -2.21. The van der Waals surface area contributed by atoms with E-state index in [0.717, 1.165) is 12.8 Å². The zero-order valence-electron chi connectivity index (χ0n) is 10.2. The summed E-state index contributed by atoms with van der Waals surface area (Å²) < 4.78 is 21.9. The van der Waals surface area contributed by atoms with Crippen LogP contribution in [0.5, 0.6) is 0 Å². The molecule has 0 aromatic heterocycles. The van der Waals surface area contributed by atoms with Crippen LogP contribution in [0.4, 0.5) is 0 Å². The van der Waals surface area contributed by atoms with Crippen LogP contribution in [-0.2, 0) is 9.84 Å². The molecule has 0 spiro atoms. The first-order chi connectivity index (χ1) is 7.49. The third kappa shape index (κ3) is 5.85. The van der Waals surface area contributed by atoms with Crippen molar-refractivity contribution in [2.45, 2.75) is 57.5 Å². The average Bonchev–Trinajstić information content (AvgIpc) is 2.43. The predicted octanol–water partition coefficient (Wildman–Crippen LogP) is 2.14. The van der Waals surface area contributed by atoms with Crippen molar-refractivity contribution in [1.29, 1.82) is 0 Å². The van der Waals surface area contributed by atoms with Crippen LogP contribution in [0.1, 0.15) is 51.4 Å². The zero-order valence-corrected chi connectivity index (χ0v) is 11.0. The van der Waals surface area contributed by atoms with Gasteiger partial charge in [-0.15, -0.1) is 0 Å². The van der Waals surface area contributed by atoms with Gasteiger partial charge in [0.1, 0.15) is 9.84 Å². The second kappa shape index (κ2) is 6.60. The molecular weight excluding hydrogens is 224 g/mol. The summed E-state index contributed by atoms with van der Waals surface area (Å²) in [6, 6.07) is 0. The molecule has 0 aromatic rings. The van der Waals surface area contributed by atoms with Crippen LogP contribution < -0.4 is 0 Å². The number of aliphatic hydroxyl groups is 1. The fourth-order valence-electron chi connectivity index (χ4n) is 2.49. The molecular formula is C12H24O3S. The highest BCUT2D eigenvalue weighted by molar-refractivity contribution is 7.90. The molecule has 0 aliphatic heterocycles. The van der Waals surface area contributed by atoms with Gasteiger partial charge in [0.05, 0.1) is 6.10 Å². The summed E-state index contributed by atoms with van der Waals surface area (Å²) in [4.78, 5) is 0. The molecule has 4 heteroatoms. The van der Waals surface area contributed by atoms with Crippen LogP contribution >= 0.6 is 0 Å². The smallest absolute Gasteiger partial charge is 0.147 e. The summed E-state index contributed by atoms with van der Waals surface area (Å²) >= 11 is 0. The zero-order chi connectivity index (χ0) is 12.0. The van der Waals surface area contributed by atoms with E-state index in [2.05, 4.69) is 0 Å². The number of sulfone groups is 1. The molecule has 1 aliphatic rings. The van der Waals surface area contributed by atoms with Crippen molar-refractivity contribution in [2.24, 2.45) is 5.92 Å². The van der Waals surface area contributed by atoms with Gasteiger partial charge in [-0.25, -0.2) is 8.42 Å². The van der Waals surface area contributed by atoms with E-state index in [9.17, 15) is 13.5 Å². The van der Waals surface area contributed by atoms with Crippen molar-refractivity contribution in [3.8, 4) is 0 Å². The van der Waals surface area contributed by atoms with Crippen molar-refractivity contribution >= 4 is 9.84 Å². The van der Waals surface area contributed by atoms with Crippen LogP contribution in [0.2, 0.25) is 0 Å². The number of aliphatic hydroxyl groups excluding tert-OH is 1. The van der Waals surface area contributed by atoms with Gasteiger partial charge in [-0.05, 0) is 31.6 Å². The fourth-order valence-corrected chi connectivity index (χ4v) is 3.18. The lowest BCUT2D eigenvalue weighted by atomic mass is 9.91. The second-order valence-corrected chi connectivity index (χ2v) is 7.35. The van der Waals surface area contributed by atoms with Gasteiger partial charge in [-0.1, -0.05) is 25.7 Å². The van der Waals surface area contributed by atoms with Gasteiger partial charge in [-0.3, -0.25) is 0 Å². The molecule has 1 unspecified atom stereocenters. The Balaban J connectivity index is 2.25. The average molecular weight is 248 g/mol. The first-order valence-corrected chi connectivity index (χ1v) is 8.41. The molecule has 96 valence electrons. The largest absolute Gasteiger partial charge is 0.393 e. The molecule has 1 N–H and O–H groups in total. The maximum absolute atomic E-state index is 11.0. The molecule has 0 bridgehead atoms. The minimum atomic E-state index is -2.87. The van der Waals surface area contributed by atoms with Crippen molar-refractivity contribution < 1.29 is 13.5 Å². The molecule has 0 heterocycles. The molecule has 1 atom stereocenters. The van der Waals surface area contributed by atoms with E-state index in [0.29, 0.717) is 18.8 Å². The van der Waals surface area contributed by atoms with Crippen molar-refractivity contribution in [1.82, 2.24) is 0 Å². The lowest BCUT2D eigenvalue weighted by molar-refractivity contribution is 0.0896. The van der Waals surface area contributed by atoms with E-state index < -0.39 is 9.84 Å². The summed E-state index contributed by atoms with van der Waals surface area (Å²) in [6.07, 6.45) is 9.42. The topological polar surface area (TPSA) is 54.4 Å². The van der Waals surface area contributed by atoms with Gasteiger partial charge in [-0.2, -0.15) is 0 Å². The van der Waals surface area contributed by atoms with E-state index in [-0.39, 0.29) is 11.9 Å². The monoisotopic (exact) mass is 248 g/mol. The first-order valence-electron chi connectivity index (χ1n) is 6.35. The SMILES string of the molecule is CS(=O)(=O)CCCC(O)C1CCCCCC1. The second-order valence-electron chi connectivity index (χ2n) is 5.09. The van der Waals surface area contributed by atoms with Gasteiger partial charge in [0.2, 0.25) is 0 Å². The van der Waals surface area contributed by atoms with Gasteiger partial charge >= 0.3 is 0 Å².